The Morgan fingerprint density at radius 3 is 2.58 bits per heavy atom. The van der Waals surface area contributed by atoms with Crippen LogP contribution in [-0.2, 0) is 0 Å². The Hall–Kier alpha value is -2.43. The third-order valence-electron chi connectivity index (χ3n) is 4.14. The van der Waals surface area contributed by atoms with E-state index in [4.69, 9.17) is 0 Å². The third kappa shape index (κ3) is 3.40. The number of rotatable bonds is 4. The van der Waals surface area contributed by atoms with Crippen LogP contribution in [-0.4, -0.2) is 53.9 Å². The van der Waals surface area contributed by atoms with Gasteiger partial charge in [0, 0.05) is 38.6 Å². The first-order valence-corrected chi connectivity index (χ1v) is 8.72. The molecule has 0 bridgehead atoms. The van der Waals surface area contributed by atoms with Gasteiger partial charge in [-0.25, -0.2) is 4.98 Å². The van der Waals surface area contributed by atoms with Crippen molar-refractivity contribution in [3.63, 3.8) is 0 Å². The van der Waals surface area contributed by atoms with Gasteiger partial charge in [-0.3, -0.25) is 9.69 Å². The molecule has 0 aliphatic carbocycles. The highest BCUT2D eigenvalue weighted by Gasteiger charge is 2.28. The summed E-state index contributed by atoms with van der Waals surface area (Å²) in [4.78, 5) is 20.7. The number of aromatic nitrogens is 1. The van der Waals surface area contributed by atoms with Gasteiger partial charge in [0.25, 0.3) is 5.91 Å². The van der Waals surface area contributed by atoms with E-state index in [1.807, 2.05) is 35.2 Å². The Balaban J connectivity index is 1.63. The number of hydrogen-bond acceptors (Lipinski definition) is 6. The average Bonchev–Trinajstić information content (AvgIpc) is 3.12. The number of benzene rings is 1. The predicted molar refractivity (Wildman–Crippen MR) is 93.9 cm³/mol. The molecule has 1 aromatic heterocycles. The number of anilines is 1. The molecule has 124 valence electrons. The predicted octanol–water partition coefficient (Wildman–Crippen LogP) is 2.21. The molecule has 2 heterocycles. The molecular formula is C17H19N5OS. The smallest absolute Gasteiger partial charge is 0.273 e. The fourth-order valence-electron chi connectivity index (χ4n) is 2.83. The van der Waals surface area contributed by atoms with Gasteiger partial charge in [0.2, 0.25) is 0 Å². The van der Waals surface area contributed by atoms with Crippen LogP contribution in [0.3, 0.4) is 0 Å². The van der Waals surface area contributed by atoms with Crippen LogP contribution in [0.25, 0.3) is 0 Å². The van der Waals surface area contributed by atoms with Crippen LogP contribution in [0.15, 0.2) is 35.7 Å². The van der Waals surface area contributed by atoms with Crippen molar-refractivity contribution in [2.24, 2.45) is 0 Å². The molecule has 1 aliphatic rings. The summed E-state index contributed by atoms with van der Waals surface area (Å²) in [5.74, 6) is -0.0411. The van der Waals surface area contributed by atoms with E-state index in [-0.39, 0.29) is 11.9 Å². The number of nitrogens with zero attached hydrogens (tertiary/aromatic N) is 4. The Morgan fingerprint density at radius 2 is 2.00 bits per heavy atom. The molecule has 24 heavy (non-hydrogen) atoms. The monoisotopic (exact) mass is 341 g/mol. The van der Waals surface area contributed by atoms with Crippen molar-refractivity contribution in [2.75, 3.05) is 38.5 Å². The quantitative estimate of drug-likeness (QED) is 0.923. The van der Waals surface area contributed by atoms with Gasteiger partial charge < -0.3 is 10.2 Å². The maximum Gasteiger partial charge on any atom is 0.273 e. The number of carbonyl (C=O) groups is 1. The van der Waals surface area contributed by atoms with Crippen molar-refractivity contribution in [1.82, 2.24) is 14.8 Å². The van der Waals surface area contributed by atoms with Crippen molar-refractivity contribution in [3.8, 4) is 6.07 Å². The van der Waals surface area contributed by atoms with Crippen molar-refractivity contribution in [2.45, 2.75) is 6.04 Å². The van der Waals surface area contributed by atoms with Crippen LogP contribution in [0, 0.1) is 11.3 Å². The van der Waals surface area contributed by atoms with Crippen LogP contribution in [0.2, 0.25) is 0 Å². The number of piperazine rings is 1. The molecule has 0 spiro atoms. The lowest BCUT2D eigenvalue weighted by Crippen LogP contribution is -2.49. The SMILES string of the molecule is CNc1nc(C(=O)N2CCN([C@@H](C#N)c3ccccc3)CC2)cs1. The summed E-state index contributed by atoms with van der Waals surface area (Å²) in [5.41, 5.74) is 1.48. The molecule has 0 unspecified atom stereocenters. The lowest BCUT2D eigenvalue weighted by Gasteiger charge is -2.36. The molecular weight excluding hydrogens is 322 g/mol. The lowest BCUT2D eigenvalue weighted by molar-refractivity contribution is 0.0601. The number of amides is 1. The van der Waals surface area contributed by atoms with Crippen molar-refractivity contribution < 1.29 is 4.79 Å². The first-order valence-electron chi connectivity index (χ1n) is 7.84. The molecule has 6 nitrogen and oxygen atoms in total. The van der Waals surface area contributed by atoms with E-state index in [2.05, 4.69) is 21.3 Å². The third-order valence-corrected chi connectivity index (χ3v) is 5.00. The maximum atomic E-state index is 12.5. The van der Waals surface area contributed by atoms with E-state index < -0.39 is 0 Å². The molecule has 3 rings (SSSR count). The van der Waals surface area contributed by atoms with Crippen LogP contribution in [0.5, 0.6) is 0 Å². The standard InChI is InChI=1S/C17H19N5OS/c1-19-17-20-14(12-24-17)16(23)22-9-7-21(8-10-22)15(11-18)13-5-3-2-4-6-13/h2-6,12,15H,7-10H2,1H3,(H,19,20)/t15-/m0/s1. The Labute approximate surface area is 145 Å². The van der Waals surface area contributed by atoms with Crippen LogP contribution < -0.4 is 5.32 Å². The summed E-state index contributed by atoms with van der Waals surface area (Å²) in [7, 11) is 1.79. The molecule has 1 aliphatic heterocycles. The largest absolute Gasteiger partial charge is 0.365 e. The van der Waals surface area contributed by atoms with Crippen molar-refractivity contribution in [3.05, 3.63) is 47.0 Å². The van der Waals surface area contributed by atoms with E-state index in [1.54, 1.807) is 12.4 Å². The highest BCUT2D eigenvalue weighted by molar-refractivity contribution is 7.13. The Bertz CT molecular complexity index is 731. The molecule has 1 fully saturated rings. The highest BCUT2D eigenvalue weighted by atomic mass is 32.1. The second kappa shape index (κ2) is 7.43. The normalized spacial score (nSPS) is 16.4. The Morgan fingerprint density at radius 1 is 1.29 bits per heavy atom. The van der Waals surface area contributed by atoms with Crippen molar-refractivity contribution >= 4 is 22.4 Å². The van der Waals surface area contributed by atoms with Gasteiger partial charge >= 0.3 is 0 Å². The van der Waals surface area contributed by atoms with Crippen LogP contribution in [0.4, 0.5) is 5.13 Å². The fourth-order valence-corrected chi connectivity index (χ4v) is 3.48. The van der Waals surface area contributed by atoms with E-state index in [9.17, 15) is 10.1 Å². The molecule has 1 saturated heterocycles. The fraction of sp³-hybridized carbons (Fsp3) is 0.353. The van der Waals surface area contributed by atoms with E-state index >= 15 is 0 Å². The molecule has 1 aromatic carbocycles. The first kappa shape index (κ1) is 16.4. The minimum Gasteiger partial charge on any atom is -0.365 e. The van der Waals surface area contributed by atoms with Crippen LogP contribution >= 0.6 is 11.3 Å². The summed E-state index contributed by atoms with van der Waals surface area (Å²) < 4.78 is 0. The zero-order valence-corrected chi connectivity index (χ0v) is 14.3. The molecule has 2 aromatic rings. The second-order valence-corrected chi connectivity index (χ2v) is 6.42. The average molecular weight is 341 g/mol. The van der Waals surface area contributed by atoms with Crippen molar-refractivity contribution in [1.29, 1.82) is 5.26 Å². The summed E-state index contributed by atoms with van der Waals surface area (Å²) in [6, 6.07) is 11.9. The van der Waals surface area contributed by atoms with Crippen LogP contribution in [0.1, 0.15) is 22.1 Å². The van der Waals surface area contributed by atoms with E-state index in [0.717, 1.165) is 10.7 Å². The molecule has 0 saturated carbocycles. The molecule has 1 N–H and O–H groups in total. The number of carbonyl (C=O) groups excluding carboxylic acids is 1. The minimum absolute atomic E-state index is 0.0411. The number of hydrogen-bond donors (Lipinski definition) is 1. The van der Waals surface area contributed by atoms with Gasteiger partial charge in [0.15, 0.2) is 5.13 Å². The number of thiazole rings is 1. The lowest BCUT2D eigenvalue weighted by atomic mass is 10.1. The maximum absolute atomic E-state index is 12.5. The summed E-state index contributed by atoms with van der Waals surface area (Å²) >= 11 is 1.43. The topological polar surface area (TPSA) is 72.3 Å². The summed E-state index contributed by atoms with van der Waals surface area (Å²) in [6.45, 7) is 2.58. The second-order valence-electron chi connectivity index (χ2n) is 5.56. The molecule has 1 atom stereocenters. The van der Waals surface area contributed by atoms with Gasteiger partial charge in [-0.1, -0.05) is 30.3 Å². The summed E-state index contributed by atoms with van der Waals surface area (Å²) in [6.07, 6.45) is 0. The zero-order valence-electron chi connectivity index (χ0n) is 13.5. The van der Waals surface area contributed by atoms with E-state index in [1.165, 1.54) is 11.3 Å². The number of nitrogens with one attached hydrogen (secondary N) is 1. The first-order chi connectivity index (χ1) is 11.7. The van der Waals surface area contributed by atoms with Gasteiger partial charge in [0.05, 0.1) is 6.07 Å². The molecule has 7 heteroatoms. The Kier molecular flexibility index (Phi) is 5.08. The summed E-state index contributed by atoms with van der Waals surface area (Å²) in [5, 5.41) is 15.0. The minimum atomic E-state index is -0.265. The van der Waals surface area contributed by atoms with Gasteiger partial charge in [-0.2, -0.15) is 5.26 Å². The number of nitriles is 1. The van der Waals surface area contributed by atoms with Gasteiger partial charge in [-0.15, -0.1) is 11.3 Å². The molecule has 0 radical (unpaired) electrons. The van der Waals surface area contributed by atoms with Gasteiger partial charge in [0.1, 0.15) is 11.7 Å². The van der Waals surface area contributed by atoms with E-state index in [0.29, 0.717) is 31.9 Å². The van der Waals surface area contributed by atoms with Gasteiger partial charge in [-0.05, 0) is 5.56 Å². The molecule has 1 amide bonds. The zero-order chi connectivity index (χ0) is 16.9. The highest BCUT2D eigenvalue weighted by Crippen LogP contribution is 2.22.